The van der Waals surface area contributed by atoms with Crippen molar-refractivity contribution in [2.75, 3.05) is 20.3 Å². The van der Waals surface area contributed by atoms with Gasteiger partial charge in [0.05, 0.1) is 82.6 Å². The molecule has 0 bridgehead atoms. The maximum Gasteiger partial charge on any atom is 0.338 e. The molecule has 11 rings (SSSR count). The van der Waals surface area contributed by atoms with Gasteiger partial charge in [-0.25, -0.2) is 19.2 Å². The highest BCUT2D eigenvalue weighted by molar-refractivity contribution is 5.90. The molecule has 103 heavy (non-hydrogen) atoms. The Balaban J connectivity index is 0.000000234. The lowest BCUT2D eigenvalue weighted by atomic mass is 9.49. The zero-order valence-electron chi connectivity index (χ0n) is 63.5. The third-order valence-corrected chi connectivity index (χ3v) is 25.1. The Kier molecular flexibility index (Phi) is 23.6. The van der Waals surface area contributed by atoms with Crippen LogP contribution in [0.2, 0.25) is 0 Å². The molecule has 0 spiro atoms. The van der Waals surface area contributed by atoms with Crippen molar-refractivity contribution < 1.29 is 112 Å². The normalized spacial score (nSPS) is 38.0. The molecular weight excluding hydrogens is 1330 g/mol. The summed E-state index contributed by atoms with van der Waals surface area (Å²) in [5.74, 6) is -7.39. The van der Waals surface area contributed by atoms with E-state index in [1.807, 2.05) is 55.4 Å². The maximum atomic E-state index is 14.4. The van der Waals surface area contributed by atoms with Gasteiger partial charge in [0, 0.05) is 69.3 Å². The van der Waals surface area contributed by atoms with Crippen molar-refractivity contribution in [3.05, 3.63) is 107 Å². The summed E-state index contributed by atoms with van der Waals surface area (Å²) >= 11 is 0. The van der Waals surface area contributed by atoms with E-state index in [0.29, 0.717) is 41.5 Å². The Morgan fingerprint density at radius 2 is 0.981 bits per heavy atom. The summed E-state index contributed by atoms with van der Waals surface area (Å²) < 4.78 is 63.5. The van der Waals surface area contributed by atoms with Crippen LogP contribution in [0.1, 0.15) is 184 Å². The van der Waals surface area contributed by atoms with Crippen molar-refractivity contribution in [3.8, 4) is 0 Å². The summed E-state index contributed by atoms with van der Waals surface area (Å²) in [6.07, 6.45) is -9.61. The van der Waals surface area contributed by atoms with Gasteiger partial charge >= 0.3 is 35.8 Å². The molecule has 7 N–H and O–H groups in total. The van der Waals surface area contributed by atoms with Crippen molar-refractivity contribution in [1.82, 2.24) is 0 Å². The Labute approximate surface area is 606 Å². The fourth-order valence-electron chi connectivity index (χ4n) is 20.7. The largest absolute Gasteiger partial charge is 0.457 e. The first kappa shape index (κ1) is 81.1. The number of aliphatic hydroxyl groups excluding tert-OH is 5. The van der Waals surface area contributed by atoms with Crippen LogP contribution in [-0.4, -0.2) is 194 Å². The second kappa shape index (κ2) is 30.0. The number of rotatable bonds is 19. The minimum absolute atomic E-state index is 0.0309. The van der Waals surface area contributed by atoms with Crippen molar-refractivity contribution in [2.24, 2.45) is 69.0 Å². The van der Waals surface area contributed by atoms with Gasteiger partial charge in [0.25, 0.3) is 0 Å². The molecule has 0 aromatic heterocycles. The molecule has 23 heteroatoms. The zero-order valence-corrected chi connectivity index (χ0v) is 63.5. The van der Waals surface area contributed by atoms with Crippen LogP contribution in [-0.2, 0) is 66.5 Å². The highest BCUT2D eigenvalue weighted by atomic mass is 16.7. The zero-order chi connectivity index (χ0) is 76.6. The Morgan fingerprint density at radius 1 is 0.592 bits per heavy atom. The summed E-state index contributed by atoms with van der Waals surface area (Å²) in [6.45, 7) is 35.9. The van der Waals surface area contributed by atoms with Crippen LogP contribution in [0, 0.1) is 69.0 Å². The molecule has 0 radical (unpaired) electrons. The number of esters is 6. The quantitative estimate of drug-likeness (QED) is 0.0393. The molecule has 0 amide bonds. The second-order valence-electron chi connectivity index (χ2n) is 33.2. The van der Waals surface area contributed by atoms with Gasteiger partial charge in [0.2, 0.25) is 0 Å². The minimum Gasteiger partial charge on any atom is -0.457 e. The van der Waals surface area contributed by atoms with Gasteiger partial charge < -0.3 is 83.1 Å². The summed E-state index contributed by atoms with van der Waals surface area (Å²) in [6, 6.07) is 16.9. The lowest BCUT2D eigenvalue weighted by Crippen LogP contribution is -2.80. The Hall–Kier alpha value is -5.96. The van der Waals surface area contributed by atoms with E-state index in [1.54, 1.807) is 122 Å². The van der Waals surface area contributed by atoms with Crippen molar-refractivity contribution in [2.45, 2.75) is 265 Å². The molecule has 4 saturated carbocycles. The van der Waals surface area contributed by atoms with E-state index < -0.39 is 183 Å². The maximum absolute atomic E-state index is 14.4. The van der Waals surface area contributed by atoms with Gasteiger partial charge in [-0.3, -0.25) is 9.59 Å². The summed E-state index contributed by atoms with van der Waals surface area (Å²) in [5.41, 5.74) is -8.33. The Bertz CT molecular complexity index is 3520. The van der Waals surface area contributed by atoms with Crippen LogP contribution < -0.4 is 0 Å². The lowest BCUT2D eigenvalue weighted by molar-refractivity contribution is -0.391. The van der Waals surface area contributed by atoms with Gasteiger partial charge in [0.15, 0.2) is 29.7 Å². The summed E-state index contributed by atoms with van der Waals surface area (Å²) in [4.78, 5) is 81.5. The smallest absolute Gasteiger partial charge is 0.338 e. The molecule has 0 unspecified atom stereocenters. The average Bonchev–Trinajstić information content (AvgIpc) is 1.57. The molecule has 7 fully saturated rings. The SMILES string of the molecule is C=C[C@H]1O[C@H]2C[C@H]3OC[C@@]3(OC(C)=O)[C@H]3[C@H](OC(=O)c4ccccc4)[C@]4(C(C)(C)O)C[C@H](OC(=O)[C@H](O)[C@@H](C)CC(C)C)C(C)=C4[C@@H](C)[C@H](O1)[C@]23C.CC(=O)O[C@@]12CO[C@@H]1C[C@H](O)[C@]1(C)[C@@H]2[C@H](OC(=O)c2ccccc2)[C@]2(C(C)(C)O)C[C@H](OC(=O)[C@H](O)[C@@H](C)CC(C)C)C(C)=C2[C@H](C)[C@@H]1O.CO. The molecule has 9 aliphatic rings. The van der Waals surface area contributed by atoms with E-state index in [1.165, 1.54) is 13.8 Å². The number of fused-ring (bicyclic) bond motifs is 7. The van der Waals surface area contributed by atoms with Crippen molar-refractivity contribution >= 4 is 35.8 Å². The molecule has 3 saturated heterocycles. The van der Waals surface area contributed by atoms with E-state index >= 15 is 0 Å². The number of carbonyl (C=O) groups is 6. The number of hydrogen-bond donors (Lipinski definition) is 7. The minimum atomic E-state index is -1.70. The predicted octanol–water partition coefficient (Wildman–Crippen LogP) is 8.67. The highest BCUT2D eigenvalue weighted by Gasteiger charge is 2.82. The van der Waals surface area contributed by atoms with Crippen LogP contribution in [0.4, 0.5) is 0 Å². The van der Waals surface area contributed by atoms with Crippen LogP contribution in [0.25, 0.3) is 0 Å². The fourth-order valence-corrected chi connectivity index (χ4v) is 20.7. The molecular formula is C80H114O23. The molecule has 2 aromatic carbocycles. The van der Waals surface area contributed by atoms with Crippen LogP contribution in [0.5, 0.6) is 0 Å². The predicted molar refractivity (Wildman–Crippen MR) is 376 cm³/mol. The highest BCUT2D eigenvalue weighted by Crippen LogP contribution is 2.72. The topological polar surface area (TPSA) is 336 Å². The first-order valence-electron chi connectivity index (χ1n) is 36.6. The van der Waals surface area contributed by atoms with Gasteiger partial charge in [-0.05, 0) is 131 Å². The van der Waals surface area contributed by atoms with E-state index in [0.717, 1.165) is 12.7 Å². The molecule has 3 heterocycles. The average molecular weight is 1440 g/mol. The van der Waals surface area contributed by atoms with Crippen molar-refractivity contribution in [3.63, 3.8) is 0 Å². The number of aliphatic hydroxyl groups is 7. The molecule has 572 valence electrons. The van der Waals surface area contributed by atoms with E-state index in [9.17, 15) is 59.4 Å². The van der Waals surface area contributed by atoms with Gasteiger partial charge in [-0.1, -0.05) is 112 Å². The monoisotopic (exact) mass is 1440 g/mol. The first-order valence-corrected chi connectivity index (χ1v) is 36.6. The van der Waals surface area contributed by atoms with E-state index in [-0.39, 0.29) is 61.7 Å². The molecule has 2 aromatic rings. The van der Waals surface area contributed by atoms with Gasteiger partial charge in [0.1, 0.15) is 36.6 Å². The third-order valence-electron chi connectivity index (χ3n) is 25.1. The summed E-state index contributed by atoms with van der Waals surface area (Å²) in [7, 11) is 1.00. The molecule has 3 aliphatic heterocycles. The number of ether oxygens (including phenoxy) is 10. The van der Waals surface area contributed by atoms with Gasteiger partial charge in [-0.2, -0.15) is 0 Å². The summed E-state index contributed by atoms with van der Waals surface area (Å²) in [5, 5.41) is 78.5. The number of benzene rings is 2. The molecule has 25 atom stereocenters. The van der Waals surface area contributed by atoms with Crippen LogP contribution >= 0.6 is 0 Å². The molecule has 23 nitrogen and oxygen atoms in total. The number of carbonyl (C=O) groups excluding carboxylic acids is 6. The second-order valence-corrected chi connectivity index (χ2v) is 33.2. The lowest BCUT2D eigenvalue weighted by Gasteiger charge is -2.67. The Morgan fingerprint density at radius 3 is 1.34 bits per heavy atom. The first-order chi connectivity index (χ1) is 48.1. The standard InChI is InChI=1S/C41H56O11.C38H54O11.CH4O/c1-11-30-49-28-18-29-41(20-47-29,52-25(7)42)33-35(51-36(44)26-15-13-12-14-16-26)40(38(8,9)46)19-27(48-37(45)32(43)22(4)17-21(2)3)23(5)31(40)24(6)34(50-30)39(28,33)10;1-19(2)15-20(3)29(41)34(44)47-25-17-37(35(7,8)45)28(21(25)4)22(5)31(42)36(9)26(40)16-27-38(18-46-27,49-23(6)39)30(36)32(37)48-33(43)24-13-11-10-12-14-24;1-2/h11-16,21-22,24,27-30,32-35,43,46H,1,17-20H2,2-10H3;10-14,19-20,22,25-27,29-32,40-42,45H,15-18H2,1-9H3;2H,1H3/t22-,24+,27-,28-,29+,30-,32+,33-,34-,35-,39+,40-,41-;20-,22-,25-,26-,27+,29+,30-,31-,32-,36+,37-,38-;/m00./s1. The number of hydrogen-bond acceptors (Lipinski definition) is 23. The third kappa shape index (κ3) is 13.6. The van der Waals surface area contributed by atoms with Gasteiger partial charge in [-0.15, -0.1) is 0 Å². The molecule has 6 aliphatic carbocycles. The fraction of sp³-hybridized carbons (Fsp3) is 0.700. The van der Waals surface area contributed by atoms with Crippen LogP contribution in [0.3, 0.4) is 0 Å². The van der Waals surface area contributed by atoms with Crippen LogP contribution in [0.15, 0.2) is 95.6 Å². The van der Waals surface area contributed by atoms with E-state index in [2.05, 4.69) is 6.58 Å². The van der Waals surface area contributed by atoms with E-state index in [4.69, 9.17) is 52.5 Å². The van der Waals surface area contributed by atoms with Crippen molar-refractivity contribution in [1.29, 1.82) is 0 Å².